The molecule has 4 aliphatic carbocycles. The summed E-state index contributed by atoms with van der Waals surface area (Å²) < 4.78 is 10.8. The molecule has 3 N–H and O–H groups in total. The van der Waals surface area contributed by atoms with Crippen LogP contribution in [0.25, 0.3) is 10.8 Å². The van der Waals surface area contributed by atoms with E-state index in [9.17, 15) is 19.2 Å². The molecular weight excluding hydrogens is 594 g/mol. The smallest absolute Gasteiger partial charge is 0.408 e. The normalized spacial score (nSPS) is 24.5. The lowest BCUT2D eigenvalue weighted by atomic mass is 9.55. The van der Waals surface area contributed by atoms with E-state index in [2.05, 4.69) is 20.7 Å². The van der Waals surface area contributed by atoms with Crippen molar-refractivity contribution in [2.45, 2.75) is 76.0 Å². The van der Waals surface area contributed by atoms with E-state index < -0.39 is 29.6 Å². The Kier molecular flexibility index (Phi) is 9.80. The summed E-state index contributed by atoms with van der Waals surface area (Å²) in [4.78, 5) is 52.1. The maximum atomic E-state index is 14.1. The Hall–Kier alpha value is -4.40. The van der Waals surface area contributed by atoms with Gasteiger partial charge in [-0.3, -0.25) is 14.4 Å². The largest absolute Gasteiger partial charge is 0.469 e. The minimum absolute atomic E-state index is 0.0400. The third kappa shape index (κ3) is 7.77. The van der Waals surface area contributed by atoms with Gasteiger partial charge in [-0.05, 0) is 84.6 Å². The van der Waals surface area contributed by atoms with Gasteiger partial charge in [0.05, 0.1) is 19.6 Å². The van der Waals surface area contributed by atoms with Crippen molar-refractivity contribution >= 4 is 34.6 Å². The van der Waals surface area contributed by atoms with Crippen LogP contribution in [0.3, 0.4) is 0 Å². The highest BCUT2D eigenvalue weighted by atomic mass is 16.6. The maximum absolute atomic E-state index is 14.1. The van der Waals surface area contributed by atoms with Gasteiger partial charge < -0.3 is 25.4 Å². The van der Waals surface area contributed by atoms with Gasteiger partial charge in [-0.25, -0.2) is 4.79 Å². The van der Waals surface area contributed by atoms with Crippen molar-refractivity contribution in [2.75, 3.05) is 13.7 Å². The first-order valence-corrected chi connectivity index (χ1v) is 16.8. The second-order valence-electron chi connectivity index (χ2n) is 13.9. The Labute approximate surface area is 276 Å². The fourth-order valence-corrected chi connectivity index (χ4v) is 8.30. The number of hydrogen-bond donors (Lipinski definition) is 3. The summed E-state index contributed by atoms with van der Waals surface area (Å²) in [7, 11) is 1.28. The van der Waals surface area contributed by atoms with Gasteiger partial charge in [0.1, 0.15) is 11.6 Å². The minimum Gasteiger partial charge on any atom is -0.469 e. The number of ether oxygens (including phenoxy) is 2. The highest BCUT2D eigenvalue weighted by molar-refractivity contribution is 5.90. The molecule has 0 spiro atoms. The number of esters is 1. The lowest BCUT2D eigenvalue weighted by Gasteiger charge is -2.53. The fraction of sp³-hybridized carbons (Fsp3) is 0.474. The van der Waals surface area contributed by atoms with Crippen LogP contribution >= 0.6 is 0 Å². The van der Waals surface area contributed by atoms with Crippen molar-refractivity contribution in [3.8, 4) is 0 Å². The molecule has 0 aliphatic heterocycles. The SMILES string of the molecule is COC(=O)CCC(=O)N[C@@H](CNC(=O)C(C)(Cc1ccc2ccccc2c1)NC(=O)OC1C2CC3CC(C2)CC1C3)c1ccccc1. The second kappa shape index (κ2) is 14.2. The minimum atomic E-state index is -1.35. The van der Waals surface area contributed by atoms with E-state index in [1.165, 1.54) is 13.5 Å². The molecule has 0 saturated heterocycles. The molecule has 4 saturated carbocycles. The third-order valence-corrected chi connectivity index (χ3v) is 10.4. The zero-order valence-electron chi connectivity index (χ0n) is 27.2. The van der Waals surface area contributed by atoms with Crippen LogP contribution in [0, 0.1) is 23.7 Å². The van der Waals surface area contributed by atoms with E-state index in [0.717, 1.165) is 59.4 Å². The number of alkyl carbamates (subject to hydrolysis) is 1. The molecule has 1 unspecified atom stereocenters. The summed E-state index contributed by atoms with van der Waals surface area (Å²) in [6, 6.07) is 22.8. The van der Waals surface area contributed by atoms with E-state index >= 15 is 0 Å². The zero-order valence-corrected chi connectivity index (χ0v) is 27.2. The number of rotatable bonds is 12. The average molecular weight is 640 g/mol. The number of hydrogen-bond acceptors (Lipinski definition) is 6. The molecule has 0 heterocycles. The first kappa shape index (κ1) is 32.5. The van der Waals surface area contributed by atoms with Gasteiger partial charge in [0, 0.05) is 19.4 Å². The zero-order chi connectivity index (χ0) is 33.0. The Balaban J connectivity index is 1.18. The molecule has 9 nitrogen and oxygen atoms in total. The van der Waals surface area contributed by atoms with Crippen LogP contribution in [-0.2, 0) is 30.3 Å². The molecule has 4 fully saturated rings. The van der Waals surface area contributed by atoms with Crippen LogP contribution in [-0.4, -0.2) is 49.2 Å². The first-order valence-electron chi connectivity index (χ1n) is 16.8. The summed E-state index contributed by atoms with van der Waals surface area (Å²) in [5.41, 5.74) is 0.346. The fourth-order valence-electron chi connectivity index (χ4n) is 8.30. The number of carbonyl (C=O) groups excluding carboxylic acids is 4. The van der Waals surface area contributed by atoms with Crippen LogP contribution in [0.15, 0.2) is 72.8 Å². The molecule has 3 aromatic rings. The Morgan fingerprint density at radius 1 is 0.830 bits per heavy atom. The monoisotopic (exact) mass is 639 g/mol. The average Bonchev–Trinajstić information content (AvgIpc) is 3.06. The molecule has 9 heteroatoms. The predicted octanol–water partition coefficient (Wildman–Crippen LogP) is 5.62. The number of methoxy groups -OCH3 is 1. The van der Waals surface area contributed by atoms with Crippen molar-refractivity contribution in [2.24, 2.45) is 23.7 Å². The van der Waals surface area contributed by atoms with Crippen LogP contribution in [0.1, 0.15) is 69.0 Å². The summed E-state index contributed by atoms with van der Waals surface area (Å²) in [5, 5.41) is 11.1. The van der Waals surface area contributed by atoms with Crippen molar-refractivity contribution in [1.29, 1.82) is 0 Å². The molecular formula is C38H45N3O6. The molecule has 47 heavy (non-hydrogen) atoms. The summed E-state index contributed by atoms with van der Waals surface area (Å²) in [5.74, 6) is 1.10. The molecule has 3 amide bonds. The second-order valence-corrected chi connectivity index (χ2v) is 13.9. The Bertz CT molecular complexity index is 1580. The predicted molar refractivity (Wildman–Crippen MR) is 178 cm³/mol. The summed E-state index contributed by atoms with van der Waals surface area (Å²) in [6.45, 7) is 1.80. The van der Waals surface area contributed by atoms with Gasteiger partial charge in [0.15, 0.2) is 0 Å². The molecule has 4 aliphatic rings. The third-order valence-electron chi connectivity index (χ3n) is 10.4. The molecule has 0 radical (unpaired) electrons. The number of nitrogens with one attached hydrogen (secondary N) is 3. The lowest BCUT2D eigenvalue weighted by Crippen LogP contribution is -2.60. The summed E-state index contributed by atoms with van der Waals surface area (Å²) in [6.07, 6.45) is 5.25. The van der Waals surface area contributed by atoms with E-state index in [0.29, 0.717) is 11.8 Å². The van der Waals surface area contributed by atoms with Crippen LogP contribution in [0.2, 0.25) is 0 Å². The molecule has 7 rings (SSSR count). The molecule has 248 valence electrons. The first-order chi connectivity index (χ1) is 22.7. The Morgan fingerprint density at radius 3 is 2.17 bits per heavy atom. The van der Waals surface area contributed by atoms with Crippen LogP contribution < -0.4 is 16.0 Å². The van der Waals surface area contributed by atoms with Gasteiger partial charge in [-0.2, -0.15) is 0 Å². The van der Waals surface area contributed by atoms with Crippen LogP contribution in [0.5, 0.6) is 0 Å². The molecule has 2 atom stereocenters. The number of fused-ring (bicyclic) bond motifs is 1. The van der Waals surface area contributed by atoms with Crippen molar-refractivity contribution in [1.82, 2.24) is 16.0 Å². The summed E-state index contributed by atoms with van der Waals surface area (Å²) >= 11 is 0. The van der Waals surface area contributed by atoms with Gasteiger partial charge in [0.25, 0.3) is 0 Å². The Morgan fingerprint density at radius 2 is 1.49 bits per heavy atom. The van der Waals surface area contributed by atoms with Gasteiger partial charge in [-0.15, -0.1) is 0 Å². The van der Waals surface area contributed by atoms with E-state index in [1.807, 2.05) is 72.8 Å². The van der Waals surface area contributed by atoms with E-state index in [4.69, 9.17) is 4.74 Å². The van der Waals surface area contributed by atoms with Gasteiger partial charge in [-0.1, -0.05) is 72.8 Å². The standard InChI is InChI=1S/C38H45N3O6/c1-38(22-24-12-13-27-8-6-7-11-29(27)17-24,41-37(45)47-35-30-18-25-16-26(20-30)21-31(35)19-25)36(44)39-23-32(28-9-4-3-5-10-28)40-33(42)14-15-34(43)46-2/h3-13,17,25-26,30-32,35H,14-16,18-23H2,1-2H3,(H,39,44)(H,40,42)(H,41,45)/t25?,26?,30?,31?,32-,35?,38?/m0/s1. The quantitative estimate of drug-likeness (QED) is 0.221. The topological polar surface area (TPSA) is 123 Å². The maximum Gasteiger partial charge on any atom is 0.408 e. The lowest BCUT2D eigenvalue weighted by molar-refractivity contribution is -0.142. The van der Waals surface area contributed by atoms with Crippen LogP contribution in [0.4, 0.5) is 4.79 Å². The molecule has 0 aromatic heterocycles. The number of amides is 3. The van der Waals surface area contributed by atoms with Crippen molar-refractivity contribution in [3.05, 3.63) is 83.9 Å². The number of carbonyl (C=O) groups is 4. The highest BCUT2D eigenvalue weighted by Crippen LogP contribution is 2.54. The molecule has 3 aromatic carbocycles. The number of benzene rings is 3. The highest BCUT2D eigenvalue weighted by Gasteiger charge is 2.50. The molecule has 4 bridgehead atoms. The van der Waals surface area contributed by atoms with Gasteiger partial charge in [0.2, 0.25) is 11.8 Å². The van der Waals surface area contributed by atoms with Gasteiger partial charge >= 0.3 is 12.1 Å². The van der Waals surface area contributed by atoms with E-state index in [1.54, 1.807) is 6.92 Å². The van der Waals surface area contributed by atoms with E-state index in [-0.39, 0.29) is 37.8 Å². The van der Waals surface area contributed by atoms with Crippen molar-refractivity contribution < 1.29 is 28.7 Å². The van der Waals surface area contributed by atoms with Crippen molar-refractivity contribution in [3.63, 3.8) is 0 Å².